The van der Waals surface area contributed by atoms with Gasteiger partial charge in [-0.05, 0) is 42.7 Å². The number of carbonyl (C=O) groups is 1. The van der Waals surface area contributed by atoms with E-state index in [2.05, 4.69) is 19.7 Å². The molecule has 1 amide bonds. The molecule has 1 aliphatic rings. The minimum absolute atomic E-state index is 0.0787. The molecule has 0 aliphatic carbocycles. The molecule has 6 nitrogen and oxygen atoms in total. The second kappa shape index (κ2) is 7.63. The first kappa shape index (κ1) is 18.5. The second-order valence-corrected chi connectivity index (χ2v) is 7.80. The molecule has 1 aliphatic heterocycles. The van der Waals surface area contributed by atoms with Crippen LogP contribution in [0.2, 0.25) is 0 Å². The number of nitrogens with one attached hydrogen (secondary N) is 1. The standard InChI is InChI=1S/C20H20FN5OS/c1-14-24-19(28-25-14)26-12-20(13-26,10-16-4-2-3-5-17(16)21)18(27)23-11-15-6-8-22-9-7-15/h2-9H,10-13H2,1H3,(H,23,27). The van der Waals surface area contributed by atoms with E-state index in [1.165, 1.54) is 17.6 Å². The number of hydrogen-bond donors (Lipinski definition) is 1. The highest BCUT2D eigenvalue weighted by molar-refractivity contribution is 7.09. The minimum atomic E-state index is -0.700. The molecule has 1 N–H and O–H groups in total. The van der Waals surface area contributed by atoms with Crippen LogP contribution in [-0.2, 0) is 17.8 Å². The van der Waals surface area contributed by atoms with Crippen LogP contribution in [0.4, 0.5) is 9.52 Å². The number of pyridine rings is 1. The Kier molecular flexibility index (Phi) is 5.04. The number of nitrogens with zero attached hydrogens (tertiary/aromatic N) is 4. The Labute approximate surface area is 166 Å². The molecule has 2 aromatic heterocycles. The molecular weight excluding hydrogens is 377 g/mol. The predicted octanol–water partition coefficient (Wildman–Crippen LogP) is 2.75. The molecule has 0 atom stereocenters. The lowest BCUT2D eigenvalue weighted by atomic mass is 9.74. The van der Waals surface area contributed by atoms with Crippen LogP contribution in [0.1, 0.15) is 17.0 Å². The zero-order valence-corrected chi connectivity index (χ0v) is 16.2. The summed E-state index contributed by atoms with van der Waals surface area (Å²) in [5.41, 5.74) is 0.824. The predicted molar refractivity (Wildman–Crippen MR) is 105 cm³/mol. The molecule has 0 bridgehead atoms. The number of rotatable bonds is 6. The van der Waals surface area contributed by atoms with Gasteiger partial charge >= 0.3 is 0 Å². The van der Waals surface area contributed by atoms with Crippen molar-refractivity contribution in [2.24, 2.45) is 5.41 Å². The van der Waals surface area contributed by atoms with Crippen molar-refractivity contribution in [1.29, 1.82) is 0 Å². The highest BCUT2D eigenvalue weighted by atomic mass is 32.1. The van der Waals surface area contributed by atoms with Gasteiger partial charge < -0.3 is 10.2 Å². The van der Waals surface area contributed by atoms with Crippen molar-refractivity contribution in [3.8, 4) is 0 Å². The Morgan fingerprint density at radius 2 is 2.00 bits per heavy atom. The van der Waals surface area contributed by atoms with Crippen LogP contribution in [0.3, 0.4) is 0 Å². The van der Waals surface area contributed by atoms with E-state index in [1.54, 1.807) is 30.6 Å². The van der Waals surface area contributed by atoms with Crippen LogP contribution >= 0.6 is 11.5 Å². The number of anilines is 1. The molecule has 0 radical (unpaired) electrons. The fourth-order valence-electron chi connectivity index (χ4n) is 3.45. The molecule has 1 fully saturated rings. The van der Waals surface area contributed by atoms with Crippen LogP contribution < -0.4 is 10.2 Å². The maximum atomic E-state index is 14.2. The molecule has 0 saturated carbocycles. The Bertz CT molecular complexity index is 971. The average Bonchev–Trinajstić information content (AvgIpc) is 3.10. The Balaban J connectivity index is 1.52. The van der Waals surface area contributed by atoms with E-state index in [0.29, 0.717) is 37.4 Å². The number of carbonyl (C=O) groups excluding carboxylic acids is 1. The molecule has 3 heterocycles. The third-order valence-electron chi connectivity index (χ3n) is 4.95. The average molecular weight is 397 g/mol. The monoisotopic (exact) mass is 397 g/mol. The maximum absolute atomic E-state index is 14.2. The van der Waals surface area contributed by atoms with Gasteiger partial charge in [0.25, 0.3) is 0 Å². The molecule has 1 saturated heterocycles. The third kappa shape index (κ3) is 3.73. The van der Waals surface area contributed by atoms with Crippen molar-refractivity contribution in [2.45, 2.75) is 19.9 Å². The van der Waals surface area contributed by atoms with E-state index in [1.807, 2.05) is 24.0 Å². The summed E-state index contributed by atoms with van der Waals surface area (Å²) >= 11 is 1.32. The minimum Gasteiger partial charge on any atom is -0.351 e. The first-order valence-electron chi connectivity index (χ1n) is 9.02. The molecule has 3 aromatic rings. The van der Waals surface area contributed by atoms with Crippen molar-refractivity contribution in [3.63, 3.8) is 0 Å². The summed E-state index contributed by atoms with van der Waals surface area (Å²) in [5, 5.41) is 3.81. The molecule has 0 unspecified atom stereocenters. The number of halogens is 1. The van der Waals surface area contributed by atoms with E-state index in [4.69, 9.17) is 0 Å². The zero-order chi connectivity index (χ0) is 19.6. The summed E-state index contributed by atoms with van der Waals surface area (Å²) in [6, 6.07) is 10.4. The molecule has 8 heteroatoms. The molecule has 144 valence electrons. The lowest BCUT2D eigenvalue weighted by molar-refractivity contribution is -0.132. The van der Waals surface area contributed by atoms with Crippen molar-refractivity contribution < 1.29 is 9.18 Å². The van der Waals surface area contributed by atoms with Gasteiger partial charge in [0.05, 0.1) is 5.41 Å². The van der Waals surface area contributed by atoms with Crippen molar-refractivity contribution in [1.82, 2.24) is 19.7 Å². The lowest BCUT2D eigenvalue weighted by Gasteiger charge is -2.48. The lowest BCUT2D eigenvalue weighted by Crippen LogP contribution is -2.64. The van der Waals surface area contributed by atoms with Gasteiger partial charge in [-0.2, -0.15) is 4.37 Å². The van der Waals surface area contributed by atoms with Gasteiger partial charge in [-0.1, -0.05) is 18.2 Å². The fraction of sp³-hybridized carbons (Fsp3) is 0.300. The van der Waals surface area contributed by atoms with Crippen LogP contribution in [0.5, 0.6) is 0 Å². The van der Waals surface area contributed by atoms with E-state index >= 15 is 0 Å². The number of aromatic nitrogens is 3. The summed E-state index contributed by atoms with van der Waals surface area (Å²) in [5.74, 6) is 0.354. The van der Waals surface area contributed by atoms with E-state index in [-0.39, 0.29) is 11.7 Å². The largest absolute Gasteiger partial charge is 0.351 e. The molecular formula is C20H20FN5OS. The SMILES string of the molecule is Cc1nsc(N2CC(Cc3ccccc3F)(C(=O)NCc3ccncc3)C2)n1. The van der Waals surface area contributed by atoms with E-state index in [9.17, 15) is 9.18 Å². The van der Waals surface area contributed by atoms with Crippen LogP contribution in [0.25, 0.3) is 0 Å². The normalized spacial score (nSPS) is 15.1. The molecule has 1 aromatic carbocycles. The van der Waals surface area contributed by atoms with Crippen molar-refractivity contribution in [2.75, 3.05) is 18.0 Å². The van der Waals surface area contributed by atoms with Gasteiger partial charge in [0.1, 0.15) is 11.6 Å². The highest BCUT2D eigenvalue weighted by Crippen LogP contribution is 2.39. The maximum Gasteiger partial charge on any atom is 0.230 e. The smallest absolute Gasteiger partial charge is 0.230 e. The van der Waals surface area contributed by atoms with E-state index in [0.717, 1.165) is 10.7 Å². The molecule has 4 rings (SSSR count). The van der Waals surface area contributed by atoms with Crippen LogP contribution in [0.15, 0.2) is 48.8 Å². The van der Waals surface area contributed by atoms with E-state index < -0.39 is 5.41 Å². The summed E-state index contributed by atoms with van der Waals surface area (Å²) in [7, 11) is 0. The Hall–Kier alpha value is -2.87. The third-order valence-corrected chi connectivity index (χ3v) is 5.81. The van der Waals surface area contributed by atoms with Gasteiger partial charge in [-0.15, -0.1) is 0 Å². The second-order valence-electron chi connectivity index (χ2n) is 7.07. The number of benzene rings is 1. The van der Waals surface area contributed by atoms with Gasteiger partial charge in [0.2, 0.25) is 11.0 Å². The van der Waals surface area contributed by atoms with Crippen LogP contribution in [0, 0.1) is 18.2 Å². The van der Waals surface area contributed by atoms with Crippen molar-refractivity contribution in [3.05, 3.63) is 71.6 Å². The number of aryl methyl sites for hydroxylation is 1. The zero-order valence-electron chi connectivity index (χ0n) is 15.4. The molecule has 0 spiro atoms. The summed E-state index contributed by atoms with van der Waals surface area (Å²) in [6.45, 7) is 3.22. The number of hydrogen-bond acceptors (Lipinski definition) is 6. The van der Waals surface area contributed by atoms with Crippen LogP contribution in [-0.4, -0.2) is 33.3 Å². The Morgan fingerprint density at radius 1 is 1.25 bits per heavy atom. The quantitative estimate of drug-likeness (QED) is 0.693. The summed E-state index contributed by atoms with van der Waals surface area (Å²) in [6.07, 6.45) is 3.73. The number of amides is 1. The fourth-order valence-corrected chi connectivity index (χ4v) is 4.12. The topological polar surface area (TPSA) is 71.0 Å². The summed E-state index contributed by atoms with van der Waals surface area (Å²) < 4.78 is 18.5. The first-order chi connectivity index (χ1) is 13.6. The van der Waals surface area contributed by atoms with Crippen molar-refractivity contribution >= 4 is 22.6 Å². The summed E-state index contributed by atoms with van der Waals surface area (Å²) in [4.78, 5) is 23.5. The van der Waals surface area contributed by atoms with Gasteiger partial charge in [-0.25, -0.2) is 9.37 Å². The first-order valence-corrected chi connectivity index (χ1v) is 9.79. The Morgan fingerprint density at radius 3 is 2.68 bits per heavy atom. The van der Waals surface area contributed by atoms with Gasteiger partial charge in [0, 0.05) is 43.6 Å². The molecule has 28 heavy (non-hydrogen) atoms. The highest BCUT2D eigenvalue weighted by Gasteiger charge is 2.50. The van der Waals surface area contributed by atoms with Gasteiger partial charge in [0.15, 0.2) is 0 Å². The van der Waals surface area contributed by atoms with Gasteiger partial charge in [-0.3, -0.25) is 9.78 Å².